The Labute approximate surface area is 211 Å². The van der Waals surface area contributed by atoms with E-state index in [-0.39, 0.29) is 16.8 Å². The maximum Gasteiger partial charge on any atom is 0.573 e. The highest BCUT2D eigenvalue weighted by molar-refractivity contribution is 6.51. The van der Waals surface area contributed by atoms with Crippen LogP contribution in [-0.2, 0) is 9.59 Å². The lowest BCUT2D eigenvalue weighted by atomic mass is 9.94. The monoisotopic (exact) mass is 511 g/mol. The molecule has 1 atom stereocenters. The van der Waals surface area contributed by atoms with E-state index in [4.69, 9.17) is 4.74 Å². The van der Waals surface area contributed by atoms with Gasteiger partial charge in [-0.05, 0) is 43.2 Å². The zero-order chi connectivity index (χ0) is 26.7. The first-order chi connectivity index (χ1) is 17.6. The number of carbonyl (C=O) groups is 2. The van der Waals surface area contributed by atoms with E-state index in [0.29, 0.717) is 17.9 Å². The van der Waals surface area contributed by atoms with Crippen LogP contribution in [0.3, 0.4) is 0 Å². The standard InChI is InChI=1S/C28H24F3NO5/c1-3-13-36-21-11-5-9-19(15-21)25(33)23-24(18-8-4-7-17(2)14-18)32(27(35)26(23)34)20-10-6-12-22(16-20)37-28(29,30)31/h4-12,14-16,24,33H,3,13H2,1-2H3/b25-23+. The molecule has 1 amide bonds. The molecule has 1 heterocycles. The van der Waals surface area contributed by atoms with Crippen molar-refractivity contribution in [3.8, 4) is 11.5 Å². The molecule has 192 valence electrons. The molecule has 4 rings (SSSR count). The number of hydrogen-bond acceptors (Lipinski definition) is 5. The van der Waals surface area contributed by atoms with Gasteiger partial charge in [0.05, 0.1) is 18.2 Å². The van der Waals surface area contributed by atoms with Crippen LogP contribution in [0, 0.1) is 6.92 Å². The number of ketones is 1. The van der Waals surface area contributed by atoms with Gasteiger partial charge in [0.15, 0.2) is 0 Å². The molecule has 6 nitrogen and oxygen atoms in total. The number of carbonyl (C=O) groups excluding carboxylic acids is 2. The number of Topliss-reactive ketones (excluding diaryl/α,β-unsaturated/α-hetero) is 1. The third-order valence-electron chi connectivity index (χ3n) is 5.71. The Kier molecular flexibility index (Phi) is 7.24. The largest absolute Gasteiger partial charge is 0.573 e. The number of aliphatic hydroxyl groups is 1. The van der Waals surface area contributed by atoms with Gasteiger partial charge in [0.25, 0.3) is 11.7 Å². The summed E-state index contributed by atoms with van der Waals surface area (Å²) in [6.45, 7) is 4.22. The maximum absolute atomic E-state index is 13.3. The summed E-state index contributed by atoms with van der Waals surface area (Å²) in [7, 11) is 0. The third kappa shape index (κ3) is 5.61. The maximum atomic E-state index is 13.3. The summed E-state index contributed by atoms with van der Waals surface area (Å²) >= 11 is 0. The summed E-state index contributed by atoms with van der Waals surface area (Å²) in [6, 6.07) is 17.2. The first-order valence-electron chi connectivity index (χ1n) is 11.6. The SMILES string of the molecule is CCCOc1cccc(/C(O)=C2\C(=O)C(=O)N(c3cccc(OC(F)(F)F)c3)C2c2cccc(C)c2)c1. The fourth-order valence-electron chi connectivity index (χ4n) is 4.19. The number of ether oxygens (including phenoxy) is 2. The molecule has 1 unspecified atom stereocenters. The van der Waals surface area contributed by atoms with Crippen LogP contribution in [0.5, 0.6) is 11.5 Å². The minimum atomic E-state index is -4.94. The predicted octanol–water partition coefficient (Wildman–Crippen LogP) is 6.31. The minimum absolute atomic E-state index is 0.00874. The van der Waals surface area contributed by atoms with Gasteiger partial charge >= 0.3 is 6.36 Å². The van der Waals surface area contributed by atoms with Gasteiger partial charge in [0.2, 0.25) is 0 Å². The molecule has 0 aliphatic carbocycles. The smallest absolute Gasteiger partial charge is 0.507 e. The molecule has 1 fully saturated rings. The average molecular weight is 511 g/mol. The van der Waals surface area contributed by atoms with Crippen LogP contribution in [0.1, 0.15) is 36.1 Å². The number of hydrogen-bond donors (Lipinski definition) is 1. The molecule has 0 bridgehead atoms. The van der Waals surface area contributed by atoms with E-state index < -0.39 is 35.6 Å². The number of aliphatic hydroxyl groups excluding tert-OH is 1. The number of nitrogens with zero attached hydrogens (tertiary/aromatic N) is 1. The number of alkyl halides is 3. The number of amides is 1. The normalized spacial score (nSPS) is 17.2. The molecule has 0 radical (unpaired) electrons. The quantitative estimate of drug-likeness (QED) is 0.229. The highest BCUT2D eigenvalue weighted by atomic mass is 19.4. The Morgan fingerprint density at radius 2 is 1.68 bits per heavy atom. The Morgan fingerprint density at radius 1 is 0.973 bits per heavy atom. The summed E-state index contributed by atoms with van der Waals surface area (Å²) < 4.78 is 48.1. The lowest BCUT2D eigenvalue weighted by molar-refractivity contribution is -0.274. The van der Waals surface area contributed by atoms with Crippen LogP contribution in [-0.4, -0.2) is 29.8 Å². The molecular weight excluding hydrogens is 487 g/mol. The Morgan fingerprint density at radius 3 is 2.38 bits per heavy atom. The fourth-order valence-corrected chi connectivity index (χ4v) is 4.19. The zero-order valence-corrected chi connectivity index (χ0v) is 20.1. The molecule has 0 aromatic heterocycles. The van der Waals surface area contributed by atoms with Gasteiger partial charge in [0.1, 0.15) is 17.3 Å². The highest BCUT2D eigenvalue weighted by Crippen LogP contribution is 2.43. The van der Waals surface area contributed by atoms with Crippen molar-refractivity contribution in [2.45, 2.75) is 32.7 Å². The van der Waals surface area contributed by atoms with E-state index in [2.05, 4.69) is 4.74 Å². The number of rotatable bonds is 7. The molecule has 37 heavy (non-hydrogen) atoms. The lowest BCUT2D eigenvalue weighted by Crippen LogP contribution is -2.29. The molecule has 9 heteroatoms. The average Bonchev–Trinajstić information content (AvgIpc) is 3.12. The number of anilines is 1. The zero-order valence-electron chi connectivity index (χ0n) is 20.1. The summed E-state index contributed by atoms with van der Waals surface area (Å²) in [5.74, 6) is -2.45. The van der Waals surface area contributed by atoms with E-state index >= 15 is 0 Å². The van der Waals surface area contributed by atoms with Crippen molar-refractivity contribution in [1.82, 2.24) is 0 Å². The van der Waals surface area contributed by atoms with Crippen molar-refractivity contribution >= 4 is 23.1 Å². The van der Waals surface area contributed by atoms with Crippen LogP contribution in [0.2, 0.25) is 0 Å². The molecule has 1 aliphatic heterocycles. The first kappa shape index (κ1) is 25.8. The summed E-state index contributed by atoms with van der Waals surface area (Å²) in [5.41, 5.74) is 1.41. The van der Waals surface area contributed by atoms with Gasteiger partial charge in [-0.1, -0.05) is 55.0 Å². The lowest BCUT2D eigenvalue weighted by Gasteiger charge is -2.26. The molecule has 0 spiro atoms. The molecule has 0 saturated carbocycles. The van der Waals surface area contributed by atoms with Crippen molar-refractivity contribution in [2.24, 2.45) is 0 Å². The Hall–Kier alpha value is -4.27. The van der Waals surface area contributed by atoms with Gasteiger partial charge in [-0.2, -0.15) is 0 Å². The van der Waals surface area contributed by atoms with Crippen LogP contribution >= 0.6 is 0 Å². The summed E-state index contributed by atoms with van der Waals surface area (Å²) in [6.07, 6.45) is -4.17. The van der Waals surface area contributed by atoms with Crippen molar-refractivity contribution < 1.29 is 37.3 Å². The van der Waals surface area contributed by atoms with Crippen LogP contribution in [0.15, 0.2) is 78.4 Å². The van der Waals surface area contributed by atoms with E-state index in [0.717, 1.165) is 29.0 Å². The van der Waals surface area contributed by atoms with E-state index in [9.17, 15) is 27.9 Å². The second-order valence-corrected chi connectivity index (χ2v) is 8.50. The highest BCUT2D eigenvalue weighted by Gasteiger charge is 2.47. The van der Waals surface area contributed by atoms with Gasteiger partial charge in [0, 0.05) is 17.3 Å². The topological polar surface area (TPSA) is 76.1 Å². The second kappa shape index (κ2) is 10.4. The van der Waals surface area contributed by atoms with Crippen LogP contribution < -0.4 is 14.4 Å². The molecule has 1 N–H and O–H groups in total. The summed E-state index contributed by atoms with van der Waals surface area (Å²) in [5, 5.41) is 11.3. The van der Waals surface area contributed by atoms with Gasteiger partial charge < -0.3 is 14.6 Å². The van der Waals surface area contributed by atoms with Gasteiger partial charge in [-0.15, -0.1) is 13.2 Å². The van der Waals surface area contributed by atoms with Crippen molar-refractivity contribution in [1.29, 1.82) is 0 Å². The Balaban J connectivity index is 1.87. The molecule has 3 aromatic carbocycles. The first-order valence-corrected chi connectivity index (χ1v) is 11.6. The summed E-state index contributed by atoms with van der Waals surface area (Å²) in [4.78, 5) is 27.6. The van der Waals surface area contributed by atoms with Gasteiger partial charge in [-0.3, -0.25) is 14.5 Å². The molecule has 3 aromatic rings. The third-order valence-corrected chi connectivity index (χ3v) is 5.71. The molecule has 1 aliphatic rings. The Bertz CT molecular complexity index is 1370. The fraction of sp³-hybridized carbons (Fsp3) is 0.214. The van der Waals surface area contributed by atoms with E-state index in [1.165, 1.54) is 12.1 Å². The second-order valence-electron chi connectivity index (χ2n) is 8.50. The molecule has 1 saturated heterocycles. The van der Waals surface area contributed by atoms with Crippen molar-refractivity contribution in [3.05, 3.63) is 95.1 Å². The van der Waals surface area contributed by atoms with Crippen molar-refractivity contribution in [2.75, 3.05) is 11.5 Å². The van der Waals surface area contributed by atoms with Crippen molar-refractivity contribution in [3.63, 3.8) is 0 Å². The van der Waals surface area contributed by atoms with Crippen LogP contribution in [0.4, 0.5) is 18.9 Å². The number of halogens is 3. The van der Waals surface area contributed by atoms with Crippen LogP contribution in [0.25, 0.3) is 5.76 Å². The number of benzene rings is 3. The predicted molar refractivity (Wildman–Crippen MR) is 131 cm³/mol. The minimum Gasteiger partial charge on any atom is -0.507 e. The van der Waals surface area contributed by atoms with E-state index in [1.807, 2.05) is 19.9 Å². The van der Waals surface area contributed by atoms with Gasteiger partial charge in [-0.25, -0.2) is 0 Å². The number of aryl methyl sites for hydroxylation is 1. The van der Waals surface area contributed by atoms with E-state index in [1.54, 1.807) is 42.5 Å². The molecular formula is C28H24F3NO5.